The molecular formula is C20H17Cl3F3N3O3S. The van der Waals surface area contributed by atoms with E-state index in [9.17, 15) is 22.8 Å². The molecule has 0 saturated heterocycles. The predicted molar refractivity (Wildman–Crippen MR) is 122 cm³/mol. The molecule has 178 valence electrons. The number of nitrogens with one attached hydrogen (secondary N) is 2. The maximum Gasteiger partial charge on any atom is 0.405 e. The molecule has 1 aliphatic heterocycles. The first-order chi connectivity index (χ1) is 15.3. The van der Waals surface area contributed by atoms with E-state index in [1.54, 1.807) is 30.4 Å². The molecule has 1 aliphatic rings. The molecule has 2 N–H and O–H groups in total. The van der Waals surface area contributed by atoms with Crippen molar-refractivity contribution in [2.45, 2.75) is 32.0 Å². The molecule has 1 aromatic carbocycles. The number of rotatable bonds is 6. The Hall–Kier alpha value is -2.01. The highest BCUT2D eigenvalue weighted by molar-refractivity contribution is 7.16. The summed E-state index contributed by atoms with van der Waals surface area (Å²) in [5.41, 5.74) is 1.04. The van der Waals surface area contributed by atoms with Crippen LogP contribution in [0, 0.1) is 6.92 Å². The predicted octanol–water partition coefficient (Wildman–Crippen LogP) is 5.46. The molecule has 2 aromatic rings. The van der Waals surface area contributed by atoms with Crippen LogP contribution in [0.15, 0.2) is 23.4 Å². The van der Waals surface area contributed by atoms with E-state index in [4.69, 9.17) is 39.6 Å². The fourth-order valence-electron chi connectivity index (χ4n) is 3.04. The third-order valence-corrected chi connectivity index (χ3v) is 7.24. The minimum atomic E-state index is -4.53. The van der Waals surface area contributed by atoms with Gasteiger partial charge in [0.1, 0.15) is 12.3 Å². The zero-order valence-corrected chi connectivity index (χ0v) is 20.3. The Morgan fingerprint density at radius 2 is 1.82 bits per heavy atom. The van der Waals surface area contributed by atoms with Crippen molar-refractivity contribution in [3.8, 4) is 0 Å². The summed E-state index contributed by atoms with van der Waals surface area (Å²) in [5, 5.41) is 8.97. The van der Waals surface area contributed by atoms with Gasteiger partial charge >= 0.3 is 6.18 Å². The van der Waals surface area contributed by atoms with Crippen molar-refractivity contribution in [2.24, 2.45) is 5.16 Å². The average molecular weight is 543 g/mol. The third kappa shape index (κ3) is 6.11. The topological polar surface area (TPSA) is 79.8 Å². The van der Waals surface area contributed by atoms with Gasteiger partial charge in [-0.2, -0.15) is 13.2 Å². The molecule has 0 fully saturated rings. The lowest BCUT2D eigenvalue weighted by Crippen LogP contribution is -2.40. The van der Waals surface area contributed by atoms with Crippen molar-refractivity contribution in [1.82, 2.24) is 10.6 Å². The Labute approximate surface area is 206 Å². The van der Waals surface area contributed by atoms with Crippen LogP contribution in [0.5, 0.6) is 0 Å². The van der Waals surface area contributed by atoms with Gasteiger partial charge in [-0.05, 0) is 37.6 Å². The molecule has 1 atom stereocenters. The Kier molecular flexibility index (Phi) is 7.52. The van der Waals surface area contributed by atoms with Crippen LogP contribution >= 0.6 is 46.1 Å². The van der Waals surface area contributed by atoms with Gasteiger partial charge < -0.3 is 15.5 Å². The van der Waals surface area contributed by atoms with E-state index in [2.05, 4.69) is 10.5 Å². The molecule has 0 bridgehead atoms. The van der Waals surface area contributed by atoms with Gasteiger partial charge in [0.05, 0.1) is 31.4 Å². The number of hydrogen-bond acceptors (Lipinski definition) is 5. The van der Waals surface area contributed by atoms with Crippen LogP contribution < -0.4 is 10.6 Å². The molecule has 6 nitrogen and oxygen atoms in total. The Morgan fingerprint density at radius 3 is 2.42 bits per heavy atom. The number of aryl methyl sites for hydroxylation is 1. The van der Waals surface area contributed by atoms with Crippen LogP contribution in [0.25, 0.3) is 0 Å². The fraction of sp³-hybridized carbons (Fsp3) is 0.350. The molecule has 13 heteroatoms. The lowest BCUT2D eigenvalue weighted by molar-refractivity contribution is -0.137. The summed E-state index contributed by atoms with van der Waals surface area (Å²) in [6.45, 7) is 1.47. The smallest absolute Gasteiger partial charge is 0.384 e. The second-order valence-corrected chi connectivity index (χ2v) is 9.73. The number of nitrogens with zero attached hydrogens (tertiary/aromatic N) is 1. The number of alkyl halides is 3. The van der Waals surface area contributed by atoms with Gasteiger partial charge in [-0.3, -0.25) is 9.59 Å². The van der Waals surface area contributed by atoms with Gasteiger partial charge in [-0.15, -0.1) is 11.3 Å². The third-order valence-electron chi connectivity index (χ3n) is 4.76. The molecule has 33 heavy (non-hydrogen) atoms. The highest BCUT2D eigenvalue weighted by atomic mass is 35.5. The van der Waals surface area contributed by atoms with E-state index in [-0.39, 0.29) is 15.1 Å². The van der Waals surface area contributed by atoms with E-state index in [1.807, 2.05) is 6.92 Å². The van der Waals surface area contributed by atoms with Crippen molar-refractivity contribution >= 4 is 63.7 Å². The number of carbonyl (C=O) groups is 2. The molecule has 1 aromatic heterocycles. The zero-order chi connectivity index (χ0) is 24.6. The number of thiophene rings is 1. The Morgan fingerprint density at radius 1 is 1.18 bits per heavy atom. The number of amides is 2. The second-order valence-electron chi connectivity index (χ2n) is 7.49. The van der Waals surface area contributed by atoms with Gasteiger partial charge in [0, 0.05) is 12.0 Å². The van der Waals surface area contributed by atoms with E-state index >= 15 is 0 Å². The molecule has 2 amide bonds. The molecule has 2 heterocycles. The zero-order valence-electron chi connectivity index (χ0n) is 17.2. The first kappa shape index (κ1) is 25.6. The summed E-state index contributed by atoms with van der Waals surface area (Å²) in [5.74, 6) is -1.52. The largest absolute Gasteiger partial charge is 0.405 e. The average Bonchev–Trinajstić information content (AvgIpc) is 3.31. The maximum absolute atomic E-state index is 12.4. The molecule has 0 aliphatic carbocycles. The maximum atomic E-state index is 12.4. The highest BCUT2D eigenvalue weighted by Gasteiger charge is 2.38. The van der Waals surface area contributed by atoms with E-state index in [1.165, 1.54) is 0 Å². The minimum absolute atomic E-state index is 0.237. The number of halogens is 6. The molecule has 0 unspecified atom stereocenters. The number of carbonyl (C=O) groups excluding carboxylic acids is 2. The van der Waals surface area contributed by atoms with E-state index in [0.717, 1.165) is 11.3 Å². The van der Waals surface area contributed by atoms with Crippen molar-refractivity contribution in [3.63, 3.8) is 0 Å². The molecule has 3 rings (SSSR count). The summed E-state index contributed by atoms with van der Waals surface area (Å²) in [6, 6.07) is 5.05. The van der Waals surface area contributed by atoms with E-state index in [0.29, 0.717) is 33.0 Å². The van der Waals surface area contributed by atoms with Gasteiger partial charge in [0.25, 0.3) is 5.91 Å². The summed E-state index contributed by atoms with van der Waals surface area (Å²) in [6.07, 6.45) is -4.16. The molecule has 0 saturated carbocycles. The van der Waals surface area contributed by atoms with E-state index < -0.39 is 36.7 Å². The van der Waals surface area contributed by atoms with Crippen molar-refractivity contribution < 1.29 is 27.6 Å². The van der Waals surface area contributed by atoms with Crippen LogP contribution in [0.3, 0.4) is 0 Å². The molecule has 0 spiro atoms. The van der Waals surface area contributed by atoms with Crippen molar-refractivity contribution in [3.05, 3.63) is 54.1 Å². The van der Waals surface area contributed by atoms with Crippen LogP contribution in [0.2, 0.25) is 15.1 Å². The summed E-state index contributed by atoms with van der Waals surface area (Å²) < 4.78 is 36.5. The molecular weight excluding hydrogens is 526 g/mol. The van der Waals surface area contributed by atoms with Crippen molar-refractivity contribution in [1.29, 1.82) is 0 Å². The lowest BCUT2D eigenvalue weighted by atomic mass is 9.90. The Bertz CT molecular complexity index is 1110. The van der Waals surface area contributed by atoms with Crippen molar-refractivity contribution in [2.75, 3.05) is 13.1 Å². The summed E-state index contributed by atoms with van der Waals surface area (Å²) in [7, 11) is 0. The first-order valence-corrected chi connectivity index (χ1v) is 11.4. The number of hydrogen-bond donors (Lipinski definition) is 2. The summed E-state index contributed by atoms with van der Waals surface area (Å²) in [4.78, 5) is 30.6. The Balaban J connectivity index is 1.67. The first-order valence-electron chi connectivity index (χ1n) is 9.41. The van der Waals surface area contributed by atoms with Crippen LogP contribution in [-0.2, 0) is 15.2 Å². The normalized spacial score (nSPS) is 18.0. The van der Waals surface area contributed by atoms with Gasteiger partial charge in [-0.1, -0.05) is 40.0 Å². The number of oxime groups is 1. The van der Waals surface area contributed by atoms with Gasteiger partial charge in [-0.25, -0.2) is 0 Å². The standard InChI is InChI=1S/C20H17Cl3F3N3O3S/c1-9-3-14(33-17(9)18(31)27-7-15(30)28-8-20(24,25)26)13-6-19(2,32-29-13)10-4-11(21)16(23)12(22)5-10/h3-5H,6-8H2,1-2H3,(H,27,31)(H,28,30)/t19-/m0/s1. The fourth-order valence-corrected chi connectivity index (χ4v) is 4.70. The SMILES string of the molecule is Cc1cc(C2=NO[C@](C)(c3cc(Cl)c(Cl)c(Cl)c3)C2)sc1C(=O)NCC(=O)NCC(F)(F)F. The van der Waals surface area contributed by atoms with Crippen LogP contribution in [-0.4, -0.2) is 36.8 Å². The summed E-state index contributed by atoms with van der Waals surface area (Å²) >= 11 is 19.4. The van der Waals surface area contributed by atoms with Crippen LogP contribution in [0.4, 0.5) is 13.2 Å². The lowest BCUT2D eigenvalue weighted by Gasteiger charge is -2.22. The monoisotopic (exact) mass is 541 g/mol. The number of benzene rings is 1. The highest BCUT2D eigenvalue weighted by Crippen LogP contribution is 2.42. The van der Waals surface area contributed by atoms with Gasteiger partial charge in [0.2, 0.25) is 5.91 Å². The second kappa shape index (κ2) is 9.69. The minimum Gasteiger partial charge on any atom is -0.384 e. The molecule has 0 radical (unpaired) electrons. The van der Waals surface area contributed by atoms with Gasteiger partial charge in [0.15, 0.2) is 5.60 Å². The quantitative estimate of drug-likeness (QED) is 0.476. The van der Waals surface area contributed by atoms with Crippen LogP contribution in [0.1, 0.15) is 39.0 Å².